The topological polar surface area (TPSA) is 61.4 Å². The summed E-state index contributed by atoms with van der Waals surface area (Å²) in [6.45, 7) is 7.87. The van der Waals surface area contributed by atoms with Gasteiger partial charge in [0.05, 0.1) is 5.57 Å². The Balaban J connectivity index is 1.52. The molecule has 1 saturated carbocycles. The second kappa shape index (κ2) is 8.41. The van der Waals surface area contributed by atoms with Crippen LogP contribution in [0.3, 0.4) is 0 Å². The molecule has 1 heterocycles. The minimum Gasteiger partial charge on any atom is -0.389 e. The number of carbonyl (C=O) groups is 2. The van der Waals surface area contributed by atoms with Crippen molar-refractivity contribution in [2.24, 2.45) is 0 Å². The van der Waals surface area contributed by atoms with E-state index in [1.807, 2.05) is 31.2 Å². The summed E-state index contributed by atoms with van der Waals surface area (Å²) < 4.78 is 0. The summed E-state index contributed by atoms with van der Waals surface area (Å²) in [7, 11) is 0. The standard InChI is InChI=1S/C20H27N3O2/c1-15-2-4-16(5-3-15)17-12-19(24)18(20(25)13-17)14-22-8-11-23-9-6-21-7-10-23/h2-5,14,17,21-22H,6-13H2,1H3. The number of piperazine rings is 1. The maximum absolute atomic E-state index is 12.4. The third-order valence-corrected chi connectivity index (χ3v) is 5.04. The van der Waals surface area contributed by atoms with Crippen molar-refractivity contribution in [1.29, 1.82) is 0 Å². The number of benzene rings is 1. The van der Waals surface area contributed by atoms with Crippen LogP contribution in [0, 0.1) is 6.92 Å². The Bertz CT molecular complexity index is 625. The summed E-state index contributed by atoms with van der Waals surface area (Å²) in [6, 6.07) is 8.13. The first-order valence-electron chi connectivity index (χ1n) is 9.13. The number of Topliss-reactive ketones (excluding diaryl/α,β-unsaturated/α-hetero) is 2. The third kappa shape index (κ3) is 4.77. The molecule has 3 rings (SSSR count). The third-order valence-electron chi connectivity index (χ3n) is 5.04. The Morgan fingerprint density at radius 2 is 1.76 bits per heavy atom. The maximum Gasteiger partial charge on any atom is 0.168 e. The number of aryl methyl sites for hydroxylation is 1. The zero-order valence-electron chi connectivity index (χ0n) is 14.9. The lowest BCUT2D eigenvalue weighted by molar-refractivity contribution is -0.124. The molecule has 2 aliphatic rings. The van der Waals surface area contributed by atoms with Gasteiger partial charge in [0, 0.05) is 58.3 Å². The lowest BCUT2D eigenvalue weighted by atomic mass is 9.80. The number of hydrogen-bond donors (Lipinski definition) is 2. The summed E-state index contributed by atoms with van der Waals surface area (Å²) in [5, 5.41) is 6.49. The van der Waals surface area contributed by atoms with Crippen LogP contribution < -0.4 is 10.6 Å². The van der Waals surface area contributed by atoms with E-state index in [2.05, 4.69) is 15.5 Å². The number of carbonyl (C=O) groups excluding carboxylic acids is 2. The summed E-state index contributed by atoms with van der Waals surface area (Å²) in [6.07, 6.45) is 2.47. The van der Waals surface area contributed by atoms with Crippen LogP contribution in [-0.4, -0.2) is 55.7 Å². The van der Waals surface area contributed by atoms with Crippen LogP contribution in [0.4, 0.5) is 0 Å². The molecule has 0 atom stereocenters. The summed E-state index contributed by atoms with van der Waals surface area (Å²) in [5.41, 5.74) is 2.60. The van der Waals surface area contributed by atoms with Gasteiger partial charge in [-0.1, -0.05) is 29.8 Å². The number of nitrogens with one attached hydrogen (secondary N) is 2. The quantitative estimate of drug-likeness (QED) is 0.481. The van der Waals surface area contributed by atoms with Crippen LogP contribution in [0.1, 0.15) is 29.9 Å². The number of nitrogens with zero attached hydrogens (tertiary/aromatic N) is 1. The SMILES string of the molecule is Cc1ccc(C2CC(=O)C(=CNCCN3CCNCC3)C(=O)C2)cc1. The number of rotatable bonds is 5. The monoisotopic (exact) mass is 341 g/mol. The van der Waals surface area contributed by atoms with Crippen LogP contribution >= 0.6 is 0 Å². The van der Waals surface area contributed by atoms with Crippen LogP contribution in [0.25, 0.3) is 0 Å². The first-order valence-corrected chi connectivity index (χ1v) is 9.13. The highest BCUT2D eigenvalue weighted by Gasteiger charge is 2.31. The second-order valence-corrected chi connectivity index (χ2v) is 6.97. The predicted octanol–water partition coefficient (Wildman–Crippen LogP) is 1.39. The molecule has 0 aromatic heterocycles. The first-order chi connectivity index (χ1) is 12.1. The molecule has 2 fully saturated rings. The molecule has 5 nitrogen and oxygen atoms in total. The van der Waals surface area contributed by atoms with Crippen LogP contribution in [0.15, 0.2) is 36.0 Å². The molecule has 1 aliphatic carbocycles. The van der Waals surface area contributed by atoms with Crippen LogP contribution in [0.5, 0.6) is 0 Å². The smallest absolute Gasteiger partial charge is 0.168 e. The Kier molecular flexibility index (Phi) is 6.00. The van der Waals surface area contributed by atoms with Gasteiger partial charge in [0.25, 0.3) is 0 Å². The minimum atomic E-state index is -0.0449. The number of allylic oxidation sites excluding steroid dienone is 1. The highest BCUT2D eigenvalue weighted by Crippen LogP contribution is 2.31. The van der Waals surface area contributed by atoms with E-state index in [4.69, 9.17) is 0 Å². The van der Waals surface area contributed by atoms with Crippen molar-refractivity contribution >= 4 is 11.6 Å². The fourth-order valence-electron chi connectivity index (χ4n) is 3.46. The fourth-order valence-corrected chi connectivity index (χ4v) is 3.46. The maximum atomic E-state index is 12.4. The van der Waals surface area contributed by atoms with E-state index in [9.17, 15) is 9.59 Å². The van der Waals surface area contributed by atoms with Gasteiger partial charge in [-0.05, 0) is 18.4 Å². The van der Waals surface area contributed by atoms with Gasteiger partial charge in [0.1, 0.15) is 0 Å². The molecule has 1 aromatic carbocycles. The van der Waals surface area contributed by atoms with Crippen molar-refractivity contribution in [3.8, 4) is 0 Å². The average Bonchev–Trinajstić information content (AvgIpc) is 2.62. The van der Waals surface area contributed by atoms with Gasteiger partial charge in [-0.2, -0.15) is 0 Å². The Morgan fingerprint density at radius 1 is 1.12 bits per heavy atom. The van der Waals surface area contributed by atoms with E-state index in [1.54, 1.807) is 6.20 Å². The minimum absolute atomic E-state index is 0.0126. The van der Waals surface area contributed by atoms with Crippen molar-refractivity contribution in [3.63, 3.8) is 0 Å². The fraction of sp³-hybridized carbons (Fsp3) is 0.500. The molecule has 1 aliphatic heterocycles. The van der Waals surface area contributed by atoms with E-state index in [0.29, 0.717) is 18.4 Å². The Morgan fingerprint density at radius 3 is 2.40 bits per heavy atom. The van der Waals surface area contributed by atoms with Crippen molar-refractivity contribution in [3.05, 3.63) is 47.2 Å². The van der Waals surface area contributed by atoms with Gasteiger partial charge in [-0.25, -0.2) is 0 Å². The molecule has 5 heteroatoms. The highest BCUT2D eigenvalue weighted by atomic mass is 16.1. The molecular formula is C20H27N3O2. The van der Waals surface area contributed by atoms with Crippen LogP contribution in [0.2, 0.25) is 0 Å². The lowest BCUT2D eigenvalue weighted by Gasteiger charge is -2.27. The van der Waals surface area contributed by atoms with Gasteiger partial charge in [0.2, 0.25) is 0 Å². The van der Waals surface area contributed by atoms with E-state index in [-0.39, 0.29) is 17.5 Å². The van der Waals surface area contributed by atoms with E-state index in [0.717, 1.165) is 44.8 Å². The largest absolute Gasteiger partial charge is 0.389 e. The molecule has 1 saturated heterocycles. The predicted molar refractivity (Wildman–Crippen MR) is 98.6 cm³/mol. The van der Waals surface area contributed by atoms with Gasteiger partial charge in [-0.15, -0.1) is 0 Å². The van der Waals surface area contributed by atoms with Crippen molar-refractivity contribution in [2.75, 3.05) is 39.3 Å². The molecule has 2 N–H and O–H groups in total. The summed E-state index contributed by atoms with van der Waals surface area (Å²) in [4.78, 5) is 27.2. The molecule has 1 aromatic rings. The molecule has 25 heavy (non-hydrogen) atoms. The normalized spacial score (nSPS) is 22.1. The van der Waals surface area contributed by atoms with E-state index < -0.39 is 0 Å². The lowest BCUT2D eigenvalue weighted by Crippen LogP contribution is -2.45. The first kappa shape index (κ1) is 17.8. The van der Waals surface area contributed by atoms with Crippen LogP contribution in [-0.2, 0) is 9.59 Å². The molecule has 0 amide bonds. The Hall–Kier alpha value is -1.98. The van der Waals surface area contributed by atoms with Crippen molar-refractivity contribution in [2.45, 2.75) is 25.7 Å². The van der Waals surface area contributed by atoms with Gasteiger partial charge in [-0.3, -0.25) is 14.5 Å². The van der Waals surface area contributed by atoms with E-state index >= 15 is 0 Å². The molecule has 134 valence electrons. The summed E-state index contributed by atoms with van der Waals surface area (Å²) >= 11 is 0. The van der Waals surface area contributed by atoms with Gasteiger partial charge < -0.3 is 10.6 Å². The molecule has 0 radical (unpaired) electrons. The highest BCUT2D eigenvalue weighted by molar-refractivity contribution is 6.22. The zero-order chi connectivity index (χ0) is 17.6. The van der Waals surface area contributed by atoms with Crippen molar-refractivity contribution < 1.29 is 9.59 Å². The second-order valence-electron chi connectivity index (χ2n) is 6.97. The van der Waals surface area contributed by atoms with E-state index in [1.165, 1.54) is 5.56 Å². The molecule has 0 bridgehead atoms. The van der Waals surface area contributed by atoms with Gasteiger partial charge in [0.15, 0.2) is 11.6 Å². The molecule has 0 unspecified atom stereocenters. The number of hydrogen-bond acceptors (Lipinski definition) is 5. The Labute approximate surface area is 149 Å². The zero-order valence-corrected chi connectivity index (χ0v) is 14.9. The molecular weight excluding hydrogens is 314 g/mol. The average molecular weight is 341 g/mol. The number of ketones is 2. The van der Waals surface area contributed by atoms with Gasteiger partial charge >= 0.3 is 0 Å². The molecule has 0 spiro atoms. The summed E-state index contributed by atoms with van der Waals surface area (Å²) in [5.74, 6) is -0.0772. The van der Waals surface area contributed by atoms with Crippen molar-refractivity contribution in [1.82, 2.24) is 15.5 Å².